The van der Waals surface area contributed by atoms with Crippen molar-refractivity contribution < 1.29 is 0 Å². The largest absolute Gasteiger partial charge is 0.331 e. The second-order valence-corrected chi connectivity index (χ2v) is 5.50. The van der Waals surface area contributed by atoms with Gasteiger partial charge in [-0.25, -0.2) is 0 Å². The quantitative estimate of drug-likeness (QED) is 0.812. The molecule has 0 bridgehead atoms. The lowest BCUT2D eigenvalue weighted by Gasteiger charge is -2.19. The molecule has 1 heterocycles. The van der Waals surface area contributed by atoms with Gasteiger partial charge in [-0.1, -0.05) is 25.4 Å². The number of aromatic nitrogens is 2. The standard InChI is InChI=1S/C14H20ClN3S/c1-3-7-17(4-2)8-9-18-13-10-11(15)5-6-12(13)16-14(18)19/h5-6,10H,3-4,7-9H2,1-2H3,(H,16,19). The summed E-state index contributed by atoms with van der Waals surface area (Å²) in [5.74, 6) is 0. The molecule has 0 aliphatic heterocycles. The van der Waals surface area contributed by atoms with Crippen molar-refractivity contribution in [2.45, 2.75) is 26.8 Å². The van der Waals surface area contributed by atoms with Gasteiger partial charge in [0.05, 0.1) is 11.0 Å². The van der Waals surface area contributed by atoms with E-state index >= 15 is 0 Å². The normalized spacial score (nSPS) is 11.6. The molecule has 0 unspecified atom stereocenters. The molecule has 0 spiro atoms. The van der Waals surface area contributed by atoms with Crippen LogP contribution in [0.4, 0.5) is 0 Å². The van der Waals surface area contributed by atoms with Gasteiger partial charge in [0.2, 0.25) is 0 Å². The first-order valence-electron chi connectivity index (χ1n) is 6.76. The van der Waals surface area contributed by atoms with E-state index in [1.54, 1.807) is 0 Å². The minimum atomic E-state index is 0.746. The van der Waals surface area contributed by atoms with E-state index in [9.17, 15) is 0 Å². The van der Waals surface area contributed by atoms with E-state index in [-0.39, 0.29) is 0 Å². The summed E-state index contributed by atoms with van der Waals surface area (Å²) in [6.45, 7) is 8.52. The fraction of sp³-hybridized carbons (Fsp3) is 0.500. The molecule has 2 rings (SSSR count). The van der Waals surface area contributed by atoms with E-state index in [4.69, 9.17) is 23.8 Å². The molecule has 0 saturated carbocycles. The summed E-state index contributed by atoms with van der Waals surface area (Å²) in [5, 5.41) is 0.746. The second kappa shape index (κ2) is 6.55. The van der Waals surface area contributed by atoms with Gasteiger partial charge in [0, 0.05) is 18.1 Å². The van der Waals surface area contributed by atoms with E-state index in [1.807, 2.05) is 18.2 Å². The van der Waals surface area contributed by atoms with Crippen molar-refractivity contribution in [3.05, 3.63) is 28.0 Å². The van der Waals surface area contributed by atoms with Crippen LogP contribution in [0.15, 0.2) is 18.2 Å². The zero-order valence-corrected chi connectivity index (χ0v) is 13.0. The number of rotatable bonds is 6. The van der Waals surface area contributed by atoms with Gasteiger partial charge >= 0.3 is 0 Å². The molecule has 0 fully saturated rings. The van der Waals surface area contributed by atoms with Gasteiger partial charge in [-0.05, 0) is 49.9 Å². The maximum Gasteiger partial charge on any atom is 0.178 e. The predicted molar refractivity (Wildman–Crippen MR) is 84.5 cm³/mol. The molecular formula is C14H20ClN3S. The third kappa shape index (κ3) is 3.38. The van der Waals surface area contributed by atoms with Crippen LogP contribution in [0.3, 0.4) is 0 Å². The molecule has 0 atom stereocenters. The second-order valence-electron chi connectivity index (χ2n) is 4.68. The van der Waals surface area contributed by atoms with Crippen molar-refractivity contribution in [2.75, 3.05) is 19.6 Å². The summed E-state index contributed by atoms with van der Waals surface area (Å²) in [4.78, 5) is 5.66. The lowest BCUT2D eigenvalue weighted by atomic mass is 10.3. The molecular weight excluding hydrogens is 278 g/mol. The van der Waals surface area contributed by atoms with Crippen LogP contribution in [-0.2, 0) is 6.54 Å². The monoisotopic (exact) mass is 297 g/mol. The summed E-state index contributed by atoms with van der Waals surface area (Å²) in [7, 11) is 0. The number of likely N-dealkylation sites (N-methyl/N-ethyl adjacent to an activating group) is 1. The maximum absolute atomic E-state index is 6.07. The fourth-order valence-corrected chi connectivity index (χ4v) is 2.80. The Balaban J connectivity index is 2.22. The van der Waals surface area contributed by atoms with Crippen LogP contribution < -0.4 is 0 Å². The fourth-order valence-electron chi connectivity index (χ4n) is 2.33. The SMILES string of the molecule is CCCN(CC)CCn1c(=S)[nH]c2ccc(Cl)cc21. The predicted octanol–water partition coefficient (Wildman–Crippen LogP) is 4.08. The van der Waals surface area contributed by atoms with Crippen LogP contribution in [-0.4, -0.2) is 34.1 Å². The average molecular weight is 298 g/mol. The third-order valence-corrected chi connectivity index (χ3v) is 3.92. The van der Waals surface area contributed by atoms with Gasteiger partial charge in [-0.15, -0.1) is 0 Å². The molecule has 0 saturated heterocycles. The number of hydrogen-bond donors (Lipinski definition) is 1. The van der Waals surface area contributed by atoms with Crippen molar-refractivity contribution in [1.82, 2.24) is 14.5 Å². The van der Waals surface area contributed by atoms with Crippen LogP contribution in [0, 0.1) is 4.77 Å². The first kappa shape index (κ1) is 14.6. The zero-order chi connectivity index (χ0) is 13.8. The Kier molecular flexibility index (Phi) is 5.02. The van der Waals surface area contributed by atoms with Crippen molar-refractivity contribution in [2.24, 2.45) is 0 Å². The smallest absolute Gasteiger partial charge is 0.178 e. The minimum absolute atomic E-state index is 0.746. The average Bonchev–Trinajstić information content (AvgIpc) is 2.70. The first-order chi connectivity index (χ1) is 9.15. The Labute approximate surface area is 124 Å². The molecule has 1 N–H and O–H groups in total. The Bertz CT molecular complexity index is 602. The Hall–Kier alpha value is -0.840. The van der Waals surface area contributed by atoms with Crippen molar-refractivity contribution in [3.8, 4) is 0 Å². The molecule has 0 aliphatic rings. The van der Waals surface area contributed by atoms with Gasteiger partial charge in [0.25, 0.3) is 0 Å². The van der Waals surface area contributed by atoms with Crippen LogP contribution in [0.5, 0.6) is 0 Å². The van der Waals surface area contributed by atoms with Gasteiger partial charge in [-0.2, -0.15) is 0 Å². The summed E-state index contributed by atoms with van der Waals surface area (Å²) in [5.41, 5.74) is 2.14. The van der Waals surface area contributed by atoms with Crippen molar-refractivity contribution in [3.63, 3.8) is 0 Å². The molecule has 0 aliphatic carbocycles. The summed E-state index contributed by atoms with van der Waals surface area (Å²) in [6.07, 6.45) is 1.18. The number of aromatic amines is 1. The van der Waals surface area contributed by atoms with Crippen LogP contribution >= 0.6 is 23.8 Å². The van der Waals surface area contributed by atoms with Gasteiger partial charge in [0.1, 0.15) is 0 Å². The lowest BCUT2D eigenvalue weighted by molar-refractivity contribution is 0.277. The van der Waals surface area contributed by atoms with E-state index in [2.05, 4.69) is 28.3 Å². The van der Waals surface area contributed by atoms with E-state index < -0.39 is 0 Å². The lowest BCUT2D eigenvalue weighted by Crippen LogP contribution is -2.28. The molecule has 1 aromatic carbocycles. The van der Waals surface area contributed by atoms with E-state index in [1.165, 1.54) is 6.42 Å². The highest BCUT2D eigenvalue weighted by molar-refractivity contribution is 7.71. The summed E-state index contributed by atoms with van der Waals surface area (Å²) < 4.78 is 2.90. The number of halogens is 1. The number of nitrogens with one attached hydrogen (secondary N) is 1. The Morgan fingerprint density at radius 3 is 2.79 bits per heavy atom. The Morgan fingerprint density at radius 1 is 1.32 bits per heavy atom. The van der Waals surface area contributed by atoms with Crippen LogP contribution in [0.1, 0.15) is 20.3 Å². The minimum Gasteiger partial charge on any atom is -0.331 e. The van der Waals surface area contributed by atoms with Crippen molar-refractivity contribution >= 4 is 34.9 Å². The highest BCUT2D eigenvalue weighted by Gasteiger charge is 2.07. The van der Waals surface area contributed by atoms with Crippen LogP contribution in [0.25, 0.3) is 11.0 Å². The molecule has 1 aromatic heterocycles. The van der Waals surface area contributed by atoms with Crippen molar-refractivity contribution in [1.29, 1.82) is 0 Å². The summed E-state index contributed by atoms with van der Waals surface area (Å²) in [6, 6.07) is 5.84. The first-order valence-corrected chi connectivity index (χ1v) is 7.54. The van der Waals surface area contributed by atoms with Gasteiger partial charge < -0.3 is 14.5 Å². The van der Waals surface area contributed by atoms with E-state index in [0.717, 1.165) is 47.0 Å². The highest BCUT2D eigenvalue weighted by Crippen LogP contribution is 2.19. The molecule has 2 aromatic rings. The highest BCUT2D eigenvalue weighted by atomic mass is 35.5. The van der Waals surface area contributed by atoms with Gasteiger partial charge in [-0.3, -0.25) is 0 Å². The number of nitrogens with zero attached hydrogens (tertiary/aromatic N) is 2. The van der Waals surface area contributed by atoms with Crippen LogP contribution in [0.2, 0.25) is 5.02 Å². The molecule has 0 radical (unpaired) electrons. The number of H-pyrrole nitrogens is 1. The third-order valence-electron chi connectivity index (χ3n) is 3.36. The molecule has 19 heavy (non-hydrogen) atoms. The zero-order valence-electron chi connectivity index (χ0n) is 11.4. The number of imidazole rings is 1. The number of hydrogen-bond acceptors (Lipinski definition) is 2. The topological polar surface area (TPSA) is 24.0 Å². The van der Waals surface area contributed by atoms with E-state index in [0.29, 0.717) is 0 Å². The summed E-state index contributed by atoms with van der Waals surface area (Å²) >= 11 is 11.5. The molecule has 3 nitrogen and oxygen atoms in total. The number of benzene rings is 1. The molecule has 0 amide bonds. The Morgan fingerprint density at radius 2 is 2.11 bits per heavy atom. The maximum atomic E-state index is 6.07. The molecule has 104 valence electrons. The molecule has 5 heteroatoms. The number of fused-ring (bicyclic) bond motifs is 1. The van der Waals surface area contributed by atoms with Gasteiger partial charge in [0.15, 0.2) is 4.77 Å².